The maximum Gasteiger partial charge on any atom is 0.306 e. The Balaban J connectivity index is 1.30. The lowest BCUT2D eigenvalue weighted by atomic mass is 9.73. The van der Waals surface area contributed by atoms with Gasteiger partial charge in [0.1, 0.15) is 11.4 Å². The molecule has 0 bridgehead atoms. The summed E-state index contributed by atoms with van der Waals surface area (Å²) in [5, 5.41) is 5.89. The number of rotatable bonds is 10. The van der Waals surface area contributed by atoms with Gasteiger partial charge in [-0.25, -0.2) is 4.68 Å². The summed E-state index contributed by atoms with van der Waals surface area (Å²) in [5.74, 6) is 1.13. The normalized spacial score (nSPS) is 18.0. The van der Waals surface area contributed by atoms with Crippen LogP contribution in [-0.4, -0.2) is 34.6 Å². The Bertz CT molecular complexity index is 1590. The van der Waals surface area contributed by atoms with Crippen molar-refractivity contribution in [1.82, 2.24) is 9.78 Å². The van der Waals surface area contributed by atoms with E-state index in [1.807, 2.05) is 39.1 Å². The molecular weight excluding hydrogens is 548 g/mol. The topological polar surface area (TPSA) is 62.6 Å². The first-order chi connectivity index (χ1) is 21.4. The molecule has 2 heterocycles. The fourth-order valence-electron chi connectivity index (χ4n) is 6.25. The summed E-state index contributed by atoms with van der Waals surface area (Å²) < 4.78 is 19.6. The number of benzene rings is 3. The van der Waals surface area contributed by atoms with Crippen molar-refractivity contribution in [2.75, 3.05) is 13.2 Å². The van der Waals surface area contributed by atoms with Crippen LogP contribution in [0.25, 0.3) is 22.0 Å². The molecule has 4 aromatic rings. The van der Waals surface area contributed by atoms with Gasteiger partial charge in [-0.05, 0) is 117 Å². The molecule has 0 amide bonds. The largest absolute Gasteiger partial charge is 0.494 e. The van der Waals surface area contributed by atoms with Gasteiger partial charge in [-0.1, -0.05) is 55.0 Å². The molecule has 1 atom stereocenters. The average Bonchev–Trinajstić information content (AvgIpc) is 3.42. The number of ether oxygens (including phenoxy) is 3. The molecule has 6 nitrogen and oxygen atoms in total. The van der Waals surface area contributed by atoms with Gasteiger partial charge in [0.25, 0.3) is 0 Å². The molecule has 1 aromatic heterocycles. The number of carbonyl (C=O) groups is 1. The Morgan fingerprint density at radius 2 is 1.68 bits per heavy atom. The zero-order chi connectivity index (χ0) is 30.5. The SMILES string of the molecule is CC(C)(C)OC(=O)CCCOc1ccc(/C(=C(\c2ccccc2)C2CCC2)c2ccc3c(cnn3C3CCCCO3)c2)cc1. The molecule has 230 valence electrons. The molecule has 1 unspecified atom stereocenters. The lowest BCUT2D eigenvalue weighted by molar-refractivity contribution is -0.155. The van der Waals surface area contributed by atoms with Gasteiger partial charge in [0, 0.05) is 18.4 Å². The molecule has 0 radical (unpaired) electrons. The smallest absolute Gasteiger partial charge is 0.306 e. The number of hydrogen-bond donors (Lipinski definition) is 0. The van der Waals surface area contributed by atoms with Crippen molar-refractivity contribution < 1.29 is 19.0 Å². The van der Waals surface area contributed by atoms with Gasteiger partial charge in [-0.15, -0.1) is 0 Å². The number of fused-ring (bicyclic) bond motifs is 1. The van der Waals surface area contributed by atoms with E-state index in [1.165, 1.54) is 53.5 Å². The highest BCUT2D eigenvalue weighted by atomic mass is 16.6. The monoisotopic (exact) mass is 592 g/mol. The Morgan fingerprint density at radius 1 is 0.909 bits per heavy atom. The third-order valence-electron chi connectivity index (χ3n) is 8.54. The predicted molar refractivity (Wildman–Crippen MR) is 175 cm³/mol. The fraction of sp³-hybridized carbons (Fsp3) is 0.421. The summed E-state index contributed by atoms with van der Waals surface area (Å²) in [5.41, 5.74) is 6.95. The Kier molecular flexibility index (Phi) is 9.17. The van der Waals surface area contributed by atoms with Crippen LogP contribution in [0.2, 0.25) is 0 Å². The highest BCUT2D eigenvalue weighted by Gasteiger charge is 2.28. The molecule has 44 heavy (non-hydrogen) atoms. The molecule has 2 aliphatic rings. The Labute approximate surface area is 261 Å². The van der Waals surface area contributed by atoms with Gasteiger partial charge < -0.3 is 14.2 Å². The first-order valence-corrected chi connectivity index (χ1v) is 16.2. The Morgan fingerprint density at radius 3 is 2.36 bits per heavy atom. The van der Waals surface area contributed by atoms with Crippen LogP contribution in [-0.2, 0) is 14.3 Å². The molecule has 3 aromatic carbocycles. The fourth-order valence-corrected chi connectivity index (χ4v) is 6.25. The summed E-state index contributed by atoms with van der Waals surface area (Å²) >= 11 is 0. The van der Waals surface area contributed by atoms with Crippen LogP contribution in [0.3, 0.4) is 0 Å². The highest BCUT2D eigenvalue weighted by Crippen LogP contribution is 2.45. The van der Waals surface area contributed by atoms with Crippen molar-refractivity contribution in [1.29, 1.82) is 0 Å². The van der Waals surface area contributed by atoms with Crippen LogP contribution in [0.15, 0.2) is 79.0 Å². The zero-order valence-corrected chi connectivity index (χ0v) is 26.3. The van der Waals surface area contributed by atoms with Crippen molar-refractivity contribution in [3.05, 3.63) is 95.7 Å². The summed E-state index contributed by atoms with van der Waals surface area (Å²) in [7, 11) is 0. The van der Waals surface area contributed by atoms with Gasteiger partial charge >= 0.3 is 5.97 Å². The van der Waals surface area contributed by atoms with Crippen LogP contribution in [0.4, 0.5) is 0 Å². The van der Waals surface area contributed by atoms with Crippen molar-refractivity contribution in [3.63, 3.8) is 0 Å². The molecule has 6 rings (SSSR count). The van der Waals surface area contributed by atoms with Crippen molar-refractivity contribution in [2.45, 2.75) is 84.0 Å². The molecule has 0 N–H and O–H groups in total. The molecule has 1 aliphatic heterocycles. The molecule has 1 saturated heterocycles. The van der Waals surface area contributed by atoms with Crippen molar-refractivity contribution in [3.8, 4) is 5.75 Å². The van der Waals surface area contributed by atoms with E-state index in [0.29, 0.717) is 25.4 Å². The number of aromatic nitrogens is 2. The minimum atomic E-state index is -0.466. The number of allylic oxidation sites excluding steroid dienone is 1. The van der Waals surface area contributed by atoms with Crippen LogP contribution < -0.4 is 4.74 Å². The highest BCUT2D eigenvalue weighted by molar-refractivity contribution is 6.01. The summed E-state index contributed by atoms with van der Waals surface area (Å²) in [6, 6.07) is 26.0. The lowest BCUT2D eigenvalue weighted by Gasteiger charge is -2.31. The molecule has 1 aliphatic carbocycles. The van der Waals surface area contributed by atoms with Crippen molar-refractivity contribution in [2.24, 2.45) is 5.92 Å². The maximum atomic E-state index is 12.1. The van der Waals surface area contributed by atoms with Crippen LogP contribution in [0.1, 0.15) is 95.1 Å². The van der Waals surface area contributed by atoms with Crippen LogP contribution in [0, 0.1) is 5.92 Å². The zero-order valence-electron chi connectivity index (χ0n) is 26.3. The average molecular weight is 593 g/mol. The van der Waals surface area contributed by atoms with Gasteiger partial charge in [0.2, 0.25) is 0 Å². The van der Waals surface area contributed by atoms with E-state index in [0.717, 1.165) is 36.1 Å². The van der Waals surface area contributed by atoms with E-state index in [1.54, 1.807) is 0 Å². The summed E-state index contributed by atoms with van der Waals surface area (Å²) in [4.78, 5) is 12.1. The quantitative estimate of drug-likeness (QED) is 0.104. The van der Waals surface area contributed by atoms with Crippen LogP contribution in [0.5, 0.6) is 5.75 Å². The first kappa shape index (κ1) is 30.1. The maximum absolute atomic E-state index is 12.1. The number of carbonyl (C=O) groups excluding carboxylic acids is 1. The van der Waals surface area contributed by atoms with E-state index in [2.05, 4.69) is 65.3 Å². The van der Waals surface area contributed by atoms with E-state index < -0.39 is 5.60 Å². The molecule has 0 spiro atoms. The summed E-state index contributed by atoms with van der Waals surface area (Å²) in [6.07, 6.45) is 9.89. The van der Waals surface area contributed by atoms with E-state index in [-0.39, 0.29) is 12.2 Å². The molecule has 6 heteroatoms. The first-order valence-electron chi connectivity index (χ1n) is 16.2. The number of esters is 1. The van der Waals surface area contributed by atoms with E-state index in [9.17, 15) is 4.79 Å². The van der Waals surface area contributed by atoms with Gasteiger partial charge in [0.05, 0.1) is 18.3 Å². The van der Waals surface area contributed by atoms with E-state index >= 15 is 0 Å². The van der Waals surface area contributed by atoms with Gasteiger partial charge in [0.15, 0.2) is 6.23 Å². The van der Waals surface area contributed by atoms with Crippen LogP contribution >= 0.6 is 0 Å². The minimum Gasteiger partial charge on any atom is -0.494 e. The summed E-state index contributed by atoms with van der Waals surface area (Å²) in [6.45, 7) is 6.91. The molecule has 2 fully saturated rings. The Hall–Kier alpha value is -3.90. The third kappa shape index (κ3) is 7.07. The predicted octanol–water partition coefficient (Wildman–Crippen LogP) is 9.00. The number of hydrogen-bond acceptors (Lipinski definition) is 5. The van der Waals surface area contributed by atoms with E-state index in [4.69, 9.17) is 19.3 Å². The molecular formula is C38H44N2O4. The third-order valence-corrected chi connectivity index (χ3v) is 8.54. The second-order valence-corrected chi connectivity index (χ2v) is 13.0. The van der Waals surface area contributed by atoms with Gasteiger partial charge in [-0.3, -0.25) is 4.79 Å². The standard InChI is InChI=1S/C38H44N2O4/c1-38(2,3)44-35(41)16-10-24-42-32-20-17-29(18-21-32)37(36(28-13-9-14-28)27-11-5-4-6-12-27)30-19-22-33-31(25-30)26-39-40(33)34-15-7-8-23-43-34/h4-6,11-12,17-22,25-26,28,34H,7-10,13-16,23-24H2,1-3H3/b37-36-. The van der Waals surface area contributed by atoms with Gasteiger partial charge in [-0.2, -0.15) is 5.10 Å². The number of nitrogens with zero attached hydrogens (tertiary/aromatic N) is 2. The van der Waals surface area contributed by atoms with Crippen molar-refractivity contribution >= 4 is 28.0 Å². The second-order valence-electron chi connectivity index (χ2n) is 13.0. The lowest BCUT2D eigenvalue weighted by Crippen LogP contribution is -2.23. The molecule has 1 saturated carbocycles. The second kappa shape index (κ2) is 13.4. The minimum absolute atomic E-state index is 0.00801.